The number of hydrogen-bond donors (Lipinski definition) is 2. The third-order valence-corrected chi connectivity index (χ3v) is 5.92. The lowest BCUT2D eigenvalue weighted by molar-refractivity contribution is -0.128. The van der Waals surface area contributed by atoms with E-state index in [0.717, 1.165) is 22.5 Å². The van der Waals surface area contributed by atoms with Gasteiger partial charge >= 0.3 is 0 Å². The van der Waals surface area contributed by atoms with E-state index < -0.39 is 5.54 Å². The Labute approximate surface area is 146 Å². The molecule has 5 nitrogen and oxygen atoms in total. The van der Waals surface area contributed by atoms with Crippen molar-refractivity contribution in [2.45, 2.75) is 32.2 Å². The molecule has 1 aliphatic heterocycles. The van der Waals surface area contributed by atoms with E-state index >= 15 is 0 Å². The molecular formula is C18H22N4OS. The molecule has 1 atom stereocenters. The molecule has 1 aromatic heterocycles. The van der Waals surface area contributed by atoms with Gasteiger partial charge in [-0.2, -0.15) is 0 Å². The molecule has 0 saturated carbocycles. The molecule has 4 N–H and O–H groups in total. The number of nitrogen functional groups attached to an aromatic ring is 1. The Morgan fingerprint density at radius 2 is 2.08 bits per heavy atom. The van der Waals surface area contributed by atoms with Crippen LogP contribution in [0.5, 0.6) is 0 Å². The van der Waals surface area contributed by atoms with Crippen LogP contribution in [-0.2, 0) is 16.8 Å². The van der Waals surface area contributed by atoms with Gasteiger partial charge in [-0.3, -0.25) is 9.69 Å². The lowest BCUT2D eigenvalue weighted by Crippen LogP contribution is -2.47. The largest absolute Gasteiger partial charge is 0.399 e. The van der Waals surface area contributed by atoms with Crippen molar-refractivity contribution in [3.8, 4) is 10.4 Å². The van der Waals surface area contributed by atoms with Gasteiger partial charge in [0.25, 0.3) is 0 Å². The molecule has 24 heavy (non-hydrogen) atoms. The minimum atomic E-state index is -0.610. The third-order valence-electron chi connectivity index (χ3n) is 4.44. The van der Waals surface area contributed by atoms with Crippen molar-refractivity contribution in [2.75, 3.05) is 12.8 Å². The van der Waals surface area contributed by atoms with Gasteiger partial charge in [0.05, 0.1) is 6.42 Å². The molecule has 1 aliphatic rings. The summed E-state index contributed by atoms with van der Waals surface area (Å²) in [5.74, 6) is 0.257. The zero-order valence-electron chi connectivity index (χ0n) is 14.2. The SMILES string of the molecule is CCc1cc([C@]2(C)CC(=O)N(C)C(N)=N2)sc1-c1cccc(N)c1. The number of nitrogens with two attached hydrogens (primary N) is 2. The normalized spacial score (nSPS) is 21.0. The van der Waals surface area contributed by atoms with Crippen molar-refractivity contribution in [3.05, 3.63) is 40.8 Å². The Bertz CT molecular complexity index is 826. The predicted octanol–water partition coefficient (Wildman–Crippen LogP) is 2.95. The molecule has 0 fully saturated rings. The molecule has 1 amide bonds. The molecule has 0 spiro atoms. The monoisotopic (exact) mass is 342 g/mol. The molecule has 2 heterocycles. The van der Waals surface area contributed by atoms with Crippen molar-refractivity contribution in [3.63, 3.8) is 0 Å². The fraction of sp³-hybridized carbons (Fsp3) is 0.333. The molecule has 0 aliphatic carbocycles. The number of hydrogen-bond acceptors (Lipinski definition) is 5. The molecule has 0 radical (unpaired) electrons. The van der Waals surface area contributed by atoms with Crippen LogP contribution in [0.15, 0.2) is 35.3 Å². The summed E-state index contributed by atoms with van der Waals surface area (Å²) in [5, 5.41) is 0. The molecule has 0 saturated heterocycles. The molecule has 2 aromatic rings. The summed E-state index contributed by atoms with van der Waals surface area (Å²) in [7, 11) is 1.66. The minimum Gasteiger partial charge on any atom is -0.399 e. The van der Waals surface area contributed by atoms with Gasteiger partial charge in [-0.25, -0.2) is 4.99 Å². The van der Waals surface area contributed by atoms with Gasteiger partial charge in [0.2, 0.25) is 5.91 Å². The van der Waals surface area contributed by atoms with E-state index in [1.54, 1.807) is 18.4 Å². The van der Waals surface area contributed by atoms with Gasteiger partial charge in [-0.15, -0.1) is 11.3 Å². The smallest absolute Gasteiger partial charge is 0.231 e. The van der Waals surface area contributed by atoms with E-state index in [-0.39, 0.29) is 11.9 Å². The Morgan fingerprint density at radius 1 is 1.33 bits per heavy atom. The highest BCUT2D eigenvalue weighted by atomic mass is 32.1. The number of amides is 1. The fourth-order valence-electron chi connectivity index (χ4n) is 2.93. The van der Waals surface area contributed by atoms with E-state index in [1.807, 2.05) is 25.1 Å². The Morgan fingerprint density at radius 3 is 2.71 bits per heavy atom. The molecule has 126 valence electrons. The summed E-state index contributed by atoms with van der Waals surface area (Å²) in [6.45, 7) is 4.10. The highest BCUT2D eigenvalue weighted by Gasteiger charge is 2.37. The summed E-state index contributed by atoms with van der Waals surface area (Å²) < 4.78 is 0. The zero-order chi connectivity index (χ0) is 17.5. The first-order valence-electron chi connectivity index (χ1n) is 7.95. The zero-order valence-corrected chi connectivity index (χ0v) is 15.0. The van der Waals surface area contributed by atoms with E-state index in [9.17, 15) is 4.79 Å². The molecule has 3 rings (SSSR count). The van der Waals surface area contributed by atoms with Crippen molar-refractivity contribution >= 4 is 28.9 Å². The van der Waals surface area contributed by atoms with Crippen molar-refractivity contribution in [2.24, 2.45) is 10.7 Å². The Kier molecular flexibility index (Phi) is 4.09. The topological polar surface area (TPSA) is 84.7 Å². The average molecular weight is 342 g/mol. The number of thiophene rings is 1. The number of benzene rings is 1. The first kappa shape index (κ1) is 16.5. The lowest BCUT2D eigenvalue weighted by Gasteiger charge is -2.32. The quantitative estimate of drug-likeness (QED) is 0.841. The Balaban J connectivity index is 2.09. The van der Waals surface area contributed by atoms with E-state index in [2.05, 4.69) is 24.0 Å². The van der Waals surface area contributed by atoms with Crippen LogP contribution in [-0.4, -0.2) is 23.8 Å². The number of rotatable bonds is 3. The van der Waals surface area contributed by atoms with Crippen molar-refractivity contribution < 1.29 is 4.79 Å². The van der Waals surface area contributed by atoms with Crippen LogP contribution in [0.25, 0.3) is 10.4 Å². The summed E-state index contributed by atoms with van der Waals surface area (Å²) in [4.78, 5) is 20.5. The van der Waals surface area contributed by atoms with E-state index in [1.165, 1.54) is 15.3 Å². The first-order chi connectivity index (χ1) is 11.3. The lowest BCUT2D eigenvalue weighted by atomic mass is 9.93. The van der Waals surface area contributed by atoms with E-state index in [0.29, 0.717) is 6.42 Å². The maximum Gasteiger partial charge on any atom is 0.231 e. The second-order valence-corrected chi connectivity index (χ2v) is 7.37. The predicted molar refractivity (Wildman–Crippen MR) is 99.9 cm³/mol. The van der Waals surface area contributed by atoms with Crippen LogP contribution < -0.4 is 11.5 Å². The minimum absolute atomic E-state index is 0.0121. The number of carbonyl (C=O) groups is 1. The van der Waals surface area contributed by atoms with Crippen LogP contribution >= 0.6 is 11.3 Å². The molecule has 6 heteroatoms. The molecule has 0 bridgehead atoms. The number of carbonyl (C=O) groups excluding carboxylic acids is 1. The van der Waals surface area contributed by atoms with Gasteiger partial charge in [0.1, 0.15) is 5.54 Å². The summed E-state index contributed by atoms with van der Waals surface area (Å²) >= 11 is 1.67. The van der Waals surface area contributed by atoms with Crippen molar-refractivity contribution in [1.29, 1.82) is 0 Å². The van der Waals surface area contributed by atoms with Crippen LogP contribution in [0.3, 0.4) is 0 Å². The number of nitrogens with zero attached hydrogens (tertiary/aromatic N) is 2. The number of guanidine groups is 1. The van der Waals surface area contributed by atoms with Crippen LogP contribution in [0.4, 0.5) is 5.69 Å². The van der Waals surface area contributed by atoms with Crippen LogP contribution in [0, 0.1) is 0 Å². The maximum absolute atomic E-state index is 12.2. The number of anilines is 1. The number of aryl methyl sites for hydroxylation is 1. The molecule has 1 aromatic carbocycles. The van der Waals surface area contributed by atoms with Crippen molar-refractivity contribution in [1.82, 2.24) is 4.90 Å². The Hall–Kier alpha value is -2.34. The highest BCUT2D eigenvalue weighted by Crippen LogP contribution is 2.42. The molecule has 0 unspecified atom stereocenters. The second kappa shape index (κ2) is 5.94. The first-order valence-corrected chi connectivity index (χ1v) is 8.76. The summed E-state index contributed by atoms with van der Waals surface area (Å²) in [5.41, 5.74) is 14.3. The van der Waals surface area contributed by atoms with Gasteiger partial charge in [-0.05, 0) is 42.7 Å². The van der Waals surface area contributed by atoms with Gasteiger partial charge in [-0.1, -0.05) is 19.1 Å². The van der Waals surface area contributed by atoms with Gasteiger partial charge < -0.3 is 11.5 Å². The van der Waals surface area contributed by atoms with Crippen LogP contribution in [0.1, 0.15) is 30.7 Å². The summed E-state index contributed by atoms with van der Waals surface area (Å²) in [6, 6.07) is 10.0. The maximum atomic E-state index is 12.2. The third kappa shape index (κ3) is 2.78. The highest BCUT2D eigenvalue weighted by molar-refractivity contribution is 7.15. The molecular weight excluding hydrogens is 320 g/mol. The fourth-order valence-corrected chi connectivity index (χ4v) is 4.27. The van der Waals surface area contributed by atoms with Gasteiger partial charge in [0.15, 0.2) is 5.96 Å². The van der Waals surface area contributed by atoms with E-state index in [4.69, 9.17) is 11.5 Å². The van der Waals surface area contributed by atoms with Crippen LogP contribution in [0.2, 0.25) is 0 Å². The average Bonchev–Trinajstić information content (AvgIpc) is 2.98. The second-order valence-electron chi connectivity index (χ2n) is 6.32. The summed E-state index contributed by atoms with van der Waals surface area (Å²) in [6.07, 6.45) is 1.23. The standard InChI is InChI=1S/C18H22N4OS/c1-4-11-9-14(18(2)10-15(23)22(3)17(20)21-18)24-16(11)12-6-5-7-13(19)8-12/h5-9H,4,10,19H2,1-3H3,(H2,20,21)/t18-/m0/s1. The number of aliphatic imine (C=N–C) groups is 1. The van der Waals surface area contributed by atoms with Gasteiger partial charge in [0, 0.05) is 22.5 Å².